The van der Waals surface area contributed by atoms with Gasteiger partial charge in [-0.25, -0.2) is 0 Å². The fourth-order valence-electron chi connectivity index (χ4n) is 4.04. The number of carbonyl (C=O) groups excluding carboxylic acids is 3. The number of thioether (sulfide) groups is 2. The minimum atomic E-state index is -0.404. The highest BCUT2D eigenvalue weighted by Crippen LogP contribution is 2.46. The monoisotopic (exact) mass is 456 g/mol. The molecule has 2 aliphatic heterocycles. The SMILES string of the molecule is Nc1nnc(SCC(=O)NC2(C3CCN(C(=O)[C@@H]4CSCC(=O)N4)CC3)CC2)s1. The van der Waals surface area contributed by atoms with Crippen LogP contribution in [0.4, 0.5) is 5.13 Å². The zero-order valence-electron chi connectivity index (χ0n) is 15.9. The highest BCUT2D eigenvalue weighted by atomic mass is 32.2. The molecule has 29 heavy (non-hydrogen) atoms. The van der Waals surface area contributed by atoms with E-state index in [1.807, 2.05) is 4.90 Å². The summed E-state index contributed by atoms with van der Waals surface area (Å²) in [7, 11) is 0. The van der Waals surface area contributed by atoms with Gasteiger partial charge in [-0.05, 0) is 31.6 Å². The lowest BCUT2D eigenvalue weighted by Crippen LogP contribution is -2.55. The Labute approximate surface area is 181 Å². The first kappa shape index (κ1) is 20.7. The molecule has 1 saturated carbocycles. The molecule has 0 unspecified atom stereocenters. The maximum atomic E-state index is 12.7. The highest BCUT2D eigenvalue weighted by Gasteiger charge is 2.51. The van der Waals surface area contributed by atoms with Gasteiger partial charge in [-0.15, -0.1) is 22.0 Å². The van der Waals surface area contributed by atoms with Gasteiger partial charge in [0.2, 0.25) is 22.9 Å². The zero-order valence-corrected chi connectivity index (χ0v) is 18.3. The first-order valence-corrected chi connectivity index (χ1v) is 12.6. The number of hydrogen-bond acceptors (Lipinski definition) is 9. The minimum Gasteiger partial charge on any atom is -0.374 e. The fraction of sp³-hybridized carbons (Fsp3) is 0.706. The maximum absolute atomic E-state index is 12.7. The van der Waals surface area contributed by atoms with Crippen molar-refractivity contribution in [3.8, 4) is 0 Å². The highest BCUT2D eigenvalue weighted by molar-refractivity contribution is 8.01. The van der Waals surface area contributed by atoms with Crippen molar-refractivity contribution < 1.29 is 14.4 Å². The van der Waals surface area contributed by atoms with Crippen LogP contribution in [0, 0.1) is 5.92 Å². The lowest BCUT2D eigenvalue weighted by molar-refractivity contribution is -0.137. The molecule has 9 nitrogen and oxygen atoms in total. The number of amides is 3. The normalized spacial score (nSPS) is 24.1. The molecular weight excluding hydrogens is 432 g/mol. The number of nitrogens with two attached hydrogens (primary N) is 1. The molecule has 0 aromatic carbocycles. The van der Waals surface area contributed by atoms with Gasteiger partial charge in [0.15, 0.2) is 4.34 Å². The zero-order chi connectivity index (χ0) is 20.4. The van der Waals surface area contributed by atoms with E-state index in [0.29, 0.717) is 45.7 Å². The van der Waals surface area contributed by atoms with E-state index in [-0.39, 0.29) is 23.3 Å². The van der Waals surface area contributed by atoms with Crippen LogP contribution in [-0.4, -0.2) is 74.7 Å². The van der Waals surface area contributed by atoms with Crippen LogP contribution in [0.1, 0.15) is 25.7 Å². The minimum absolute atomic E-state index is 0.00159. The van der Waals surface area contributed by atoms with Crippen molar-refractivity contribution >= 4 is 57.7 Å². The number of piperidine rings is 1. The third-order valence-electron chi connectivity index (χ3n) is 5.66. The van der Waals surface area contributed by atoms with Gasteiger partial charge in [0.05, 0.1) is 11.5 Å². The summed E-state index contributed by atoms with van der Waals surface area (Å²) in [6.07, 6.45) is 3.73. The van der Waals surface area contributed by atoms with E-state index in [1.165, 1.54) is 34.9 Å². The van der Waals surface area contributed by atoms with Gasteiger partial charge < -0.3 is 21.3 Å². The molecule has 3 heterocycles. The second-order valence-corrected chi connectivity index (χ2v) is 10.9. The van der Waals surface area contributed by atoms with Crippen molar-refractivity contribution in [3.05, 3.63) is 0 Å². The van der Waals surface area contributed by atoms with E-state index in [4.69, 9.17) is 5.73 Å². The van der Waals surface area contributed by atoms with Gasteiger partial charge in [-0.1, -0.05) is 23.1 Å². The smallest absolute Gasteiger partial charge is 0.246 e. The summed E-state index contributed by atoms with van der Waals surface area (Å²) in [6, 6.07) is -0.404. The molecule has 3 amide bonds. The van der Waals surface area contributed by atoms with E-state index >= 15 is 0 Å². The Morgan fingerprint density at radius 3 is 2.69 bits per heavy atom. The van der Waals surface area contributed by atoms with Crippen LogP contribution in [0.2, 0.25) is 0 Å². The van der Waals surface area contributed by atoms with Crippen LogP contribution in [0.15, 0.2) is 4.34 Å². The Morgan fingerprint density at radius 1 is 1.31 bits per heavy atom. The Morgan fingerprint density at radius 2 is 2.07 bits per heavy atom. The summed E-state index contributed by atoms with van der Waals surface area (Å²) in [5, 5.41) is 14.1. The molecule has 4 N–H and O–H groups in total. The van der Waals surface area contributed by atoms with E-state index in [0.717, 1.165) is 25.7 Å². The fourth-order valence-corrected chi connectivity index (χ4v) is 6.33. The van der Waals surface area contributed by atoms with Crippen LogP contribution in [0.5, 0.6) is 0 Å². The summed E-state index contributed by atoms with van der Waals surface area (Å²) >= 11 is 4.13. The first-order chi connectivity index (χ1) is 13.9. The van der Waals surface area contributed by atoms with Gasteiger partial charge >= 0.3 is 0 Å². The van der Waals surface area contributed by atoms with Crippen LogP contribution in [-0.2, 0) is 14.4 Å². The molecule has 1 aliphatic carbocycles. The number of likely N-dealkylation sites (tertiary alicyclic amines) is 1. The number of anilines is 1. The number of nitrogens with one attached hydrogen (secondary N) is 2. The molecule has 158 valence electrons. The maximum Gasteiger partial charge on any atom is 0.246 e. The number of hydrogen-bond donors (Lipinski definition) is 3. The quantitative estimate of drug-likeness (QED) is 0.522. The summed E-state index contributed by atoms with van der Waals surface area (Å²) in [4.78, 5) is 38.5. The largest absolute Gasteiger partial charge is 0.374 e. The van der Waals surface area contributed by atoms with Crippen molar-refractivity contribution in [2.75, 3.05) is 36.1 Å². The van der Waals surface area contributed by atoms with Gasteiger partial charge in [-0.3, -0.25) is 14.4 Å². The molecule has 1 atom stereocenters. The van der Waals surface area contributed by atoms with Gasteiger partial charge in [0, 0.05) is 24.4 Å². The van der Waals surface area contributed by atoms with E-state index in [9.17, 15) is 14.4 Å². The summed E-state index contributed by atoms with van der Waals surface area (Å²) in [6.45, 7) is 1.36. The van der Waals surface area contributed by atoms with Crippen molar-refractivity contribution in [1.82, 2.24) is 25.7 Å². The Bertz CT molecular complexity index is 791. The van der Waals surface area contributed by atoms with Gasteiger partial charge in [-0.2, -0.15) is 0 Å². The second-order valence-electron chi connectivity index (χ2n) is 7.63. The summed E-state index contributed by atoms with van der Waals surface area (Å²) in [5.74, 6) is 1.71. The number of nitrogens with zero attached hydrogens (tertiary/aromatic N) is 3. The molecule has 1 aromatic rings. The van der Waals surface area contributed by atoms with Crippen molar-refractivity contribution in [1.29, 1.82) is 0 Å². The van der Waals surface area contributed by atoms with Crippen LogP contribution >= 0.6 is 34.9 Å². The predicted octanol–water partition coefficient (Wildman–Crippen LogP) is 0.331. The van der Waals surface area contributed by atoms with E-state index in [2.05, 4.69) is 20.8 Å². The van der Waals surface area contributed by atoms with Gasteiger partial charge in [0.1, 0.15) is 6.04 Å². The molecular formula is C17H24N6O3S3. The Balaban J connectivity index is 1.24. The predicted molar refractivity (Wildman–Crippen MR) is 114 cm³/mol. The third-order valence-corrected chi connectivity index (χ3v) is 8.59. The Hall–Kier alpha value is -1.53. The van der Waals surface area contributed by atoms with Crippen molar-refractivity contribution in [2.24, 2.45) is 5.92 Å². The molecule has 0 spiro atoms. The number of aromatic nitrogens is 2. The van der Waals surface area contributed by atoms with Crippen molar-refractivity contribution in [3.63, 3.8) is 0 Å². The van der Waals surface area contributed by atoms with E-state index in [1.54, 1.807) is 0 Å². The third kappa shape index (κ3) is 4.97. The second kappa shape index (κ2) is 8.68. The lowest BCUT2D eigenvalue weighted by atomic mass is 9.87. The molecule has 12 heteroatoms. The summed E-state index contributed by atoms with van der Waals surface area (Å²) < 4.78 is 0.697. The molecule has 0 bridgehead atoms. The molecule has 2 saturated heterocycles. The lowest BCUT2D eigenvalue weighted by Gasteiger charge is -2.38. The standard InChI is InChI=1S/C17H24N6O3S3/c18-15-21-22-16(29-15)28-9-13(25)20-17(3-4-17)10-1-5-23(6-2-10)14(26)11-7-27-8-12(24)19-11/h10-11H,1-9H2,(H2,18,21)(H,19,24)(H,20,25)/t11-/m0/s1. The van der Waals surface area contributed by atoms with Gasteiger partial charge in [0.25, 0.3) is 0 Å². The molecule has 0 radical (unpaired) electrons. The first-order valence-electron chi connectivity index (χ1n) is 9.64. The van der Waals surface area contributed by atoms with Crippen molar-refractivity contribution in [2.45, 2.75) is 41.6 Å². The molecule has 3 aliphatic rings. The molecule has 3 fully saturated rings. The average Bonchev–Trinajstić information content (AvgIpc) is 3.38. The van der Waals surface area contributed by atoms with Crippen LogP contribution in [0.25, 0.3) is 0 Å². The van der Waals surface area contributed by atoms with Crippen LogP contribution in [0.3, 0.4) is 0 Å². The van der Waals surface area contributed by atoms with E-state index < -0.39 is 6.04 Å². The Kier molecular flexibility index (Phi) is 6.21. The number of rotatable bonds is 6. The number of nitrogen functional groups attached to an aromatic ring is 1. The number of carbonyl (C=O) groups is 3. The van der Waals surface area contributed by atoms with Crippen LogP contribution < -0.4 is 16.4 Å². The average molecular weight is 457 g/mol. The summed E-state index contributed by atoms with van der Waals surface area (Å²) in [5.41, 5.74) is 5.44. The molecule has 1 aromatic heterocycles. The topological polar surface area (TPSA) is 130 Å². The molecule has 4 rings (SSSR count).